The van der Waals surface area contributed by atoms with E-state index in [0.717, 1.165) is 13.0 Å². The van der Waals surface area contributed by atoms with Gasteiger partial charge >= 0.3 is 0 Å². The summed E-state index contributed by atoms with van der Waals surface area (Å²) in [6, 6.07) is 6.96. The molecule has 16 heavy (non-hydrogen) atoms. The molecule has 1 nitrogen and oxygen atoms in total. The van der Waals surface area contributed by atoms with Crippen molar-refractivity contribution in [2.75, 3.05) is 6.54 Å². The zero-order chi connectivity index (χ0) is 11.6. The lowest BCUT2D eigenvalue weighted by molar-refractivity contribution is 0.452. The first-order chi connectivity index (χ1) is 7.72. The fourth-order valence-electron chi connectivity index (χ4n) is 3.04. The minimum Gasteiger partial charge on any atom is -0.330 e. The third-order valence-electron chi connectivity index (χ3n) is 4.29. The summed E-state index contributed by atoms with van der Waals surface area (Å²) in [5.41, 5.74) is 10.7. The molecule has 88 valence electrons. The van der Waals surface area contributed by atoms with Crippen LogP contribution in [0.4, 0.5) is 0 Å². The average Bonchev–Trinajstić information content (AvgIpc) is 2.79. The van der Waals surface area contributed by atoms with Crippen LogP contribution < -0.4 is 5.73 Å². The van der Waals surface area contributed by atoms with Crippen LogP contribution in [0.3, 0.4) is 0 Å². The molecule has 0 saturated heterocycles. The number of hydrogen-bond donors (Lipinski definition) is 1. The van der Waals surface area contributed by atoms with Gasteiger partial charge in [0.05, 0.1) is 0 Å². The van der Waals surface area contributed by atoms with Crippen LogP contribution in [0.25, 0.3) is 0 Å². The molecule has 2 N–H and O–H groups in total. The Morgan fingerprint density at radius 3 is 2.50 bits per heavy atom. The fourth-order valence-corrected chi connectivity index (χ4v) is 3.04. The number of benzene rings is 1. The summed E-state index contributed by atoms with van der Waals surface area (Å²) in [5.74, 6) is 0. The van der Waals surface area contributed by atoms with Gasteiger partial charge in [-0.05, 0) is 42.9 Å². The summed E-state index contributed by atoms with van der Waals surface area (Å²) < 4.78 is 0. The van der Waals surface area contributed by atoms with E-state index in [2.05, 4.69) is 32.0 Å². The van der Waals surface area contributed by atoms with Gasteiger partial charge in [-0.15, -0.1) is 0 Å². The highest BCUT2D eigenvalue weighted by molar-refractivity contribution is 5.36. The van der Waals surface area contributed by atoms with Crippen molar-refractivity contribution in [3.05, 3.63) is 34.9 Å². The van der Waals surface area contributed by atoms with E-state index < -0.39 is 0 Å². The number of hydrogen-bond acceptors (Lipinski definition) is 1. The molecule has 0 radical (unpaired) electrons. The number of nitrogens with two attached hydrogens (primary N) is 1. The van der Waals surface area contributed by atoms with Crippen molar-refractivity contribution < 1.29 is 0 Å². The van der Waals surface area contributed by atoms with Crippen LogP contribution in [0.15, 0.2) is 18.2 Å². The zero-order valence-electron chi connectivity index (χ0n) is 10.6. The summed E-state index contributed by atoms with van der Waals surface area (Å²) in [7, 11) is 0. The molecule has 0 atom stereocenters. The molecule has 2 rings (SSSR count). The molecule has 0 amide bonds. The van der Waals surface area contributed by atoms with Crippen molar-refractivity contribution >= 4 is 0 Å². The lowest BCUT2D eigenvalue weighted by Gasteiger charge is -2.28. The Morgan fingerprint density at radius 1 is 1.25 bits per heavy atom. The molecule has 1 fully saturated rings. The van der Waals surface area contributed by atoms with Gasteiger partial charge in [0.2, 0.25) is 0 Å². The molecule has 0 spiro atoms. The molecule has 0 heterocycles. The zero-order valence-corrected chi connectivity index (χ0v) is 10.6. The molecule has 1 heteroatoms. The Labute approximate surface area is 99.0 Å². The highest BCUT2D eigenvalue weighted by Gasteiger charge is 2.34. The summed E-state index contributed by atoms with van der Waals surface area (Å²) >= 11 is 0. The van der Waals surface area contributed by atoms with Crippen LogP contribution >= 0.6 is 0 Å². The van der Waals surface area contributed by atoms with Crippen LogP contribution in [0, 0.1) is 6.92 Å². The van der Waals surface area contributed by atoms with E-state index in [0.29, 0.717) is 0 Å². The van der Waals surface area contributed by atoms with Crippen molar-refractivity contribution in [2.24, 2.45) is 5.73 Å². The topological polar surface area (TPSA) is 26.0 Å². The van der Waals surface area contributed by atoms with Crippen molar-refractivity contribution in [1.29, 1.82) is 0 Å². The second-order valence-electron chi connectivity index (χ2n) is 5.19. The summed E-state index contributed by atoms with van der Waals surface area (Å²) in [6.07, 6.45) is 6.35. The third-order valence-corrected chi connectivity index (χ3v) is 4.29. The third kappa shape index (κ3) is 1.89. The van der Waals surface area contributed by atoms with Crippen molar-refractivity contribution in [2.45, 2.75) is 51.4 Å². The van der Waals surface area contributed by atoms with E-state index in [-0.39, 0.29) is 5.41 Å². The molecule has 1 aromatic carbocycles. The van der Waals surface area contributed by atoms with Gasteiger partial charge in [0, 0.05) is 12.0 Å². The van der Waals surface area contributed by atoms with Crippen LogP contribution in [0.2, 0.25) is 0 Å². The highest BCUT2D eigenvalue weighted by atomic mass is 14.6. The monoisotopic (exact) mass is 217 g/mol. The first-order valence-electron chi connectivity index (χ1n) is 6.52. The van der Waals surface area contributed by atoms with Gasteiger partial charge in [-0.3, -0.25) is 0 Å². The van der Waals surface area contributed by atoms with Crippen molar-refractivity contribution in [3.8, 4) is 0 Å². The predicted molar refractivity (Wildman–Crippen MR) is 69.8 cm³/mol. The smallest absolute Gasteiger partial charge is 0.00756 e. The second-order valence-corrected chi connectivity index (χ2v) is 5.19. The maximum Gasteiger partial charge on any atom is 0.00756 e. The highest BCUT2D eigenvalue weighted by Crippen LogP contribution is 2.40. The standard InChI is InChI=1S/C15H23N/c1-3-13-10-14(7-6-12(13)2)15(11-16)8-4-5-9-15/h6-7,10H,3-5,8-9,11,16H2,1-2H3. The summed E-state index contributed by atoms with van der Waals surface area (Å²) in [5, 5.41) is 0. The van der Waals surface area contributed by atoms with Gasteiger partial charge in [0.15, 0.2) is 0 Å². The molecule has 0 unspecified atom stereocenters. The van der Waals surface area contributed by atoms with Crippen molar-refractivity contribution in [3.63, 3.8) is 0 Å². The Bertz CT molecular complexity index is 362. The van der Waals surface area contributed by atoms with Gasteiger partial charge in [-0.25, -0.2) is 0 Å². The lowest BCUT2D eigenvalue weighted by Crippen LogP contribution is -2.32. The summed E-state index contributed by atoms with van der Waals surface area (Å²) in [6.45, 7) is 5.24. The Balaban J connectivity index is 2.38. The first-order valence-corrected chi connectivity index (χ1v) is 6.52. The van der Waals surface area contributed by atoms with Crippen LogP contribution in [0.5, 0.6) is 0 Å². The second kappa shape index (κ2) is 4.58. The van der Waals surface area contributed by atoms with Gasteiger partial charge in [0.25, 0.3) is 0 Å². The van der Waals surface area contributed by atoms with Gasteiger partial charge in [-0.1, -0.05) is 38.0 Å². The molecule has 0 aromatic heterocycles. The molecule has 0 aliphatic heterocycles. The summed E-state index contributed by atoms with van der Waals surface area (Å²) in [4.78, 5) is 0. The van der Waals surface area contributed by atoms with E-state index in [1.807, 2.05) is 0 Å². The predicted octanol–water partition coefficient (Wildman–Crippen LogP) is 3.33. The normalized spacial score (nSPS) is 18.9. The number of rotatable bonds is 3. The molecule has 1 aromatic rings. The van der Waals surface area contributed by atoms with Gasteiger partial charge in [0.1, 0.15) is 0 Å². The minimum atomic E-state index is 0.289. The number of aryl methyl sites for hydroxylation is 2. The molecule has 0 bridgehead atoms. The largest absolute Gasteiger partial charge is 0.330 e. The van der Waals surface area contributed by atoms with Gasteiger partial charge < -0.3 is 5.73 Å². The average molecular weight is 217 g/mol. The van der Waals surface area contributed by atoms with E-state index in [4.69, 9.17) is 5.73 Å². The molecule has 1 aliphatic carbocycles. The fraction of sp³-hybridized carbons (Fsp3) is 0.600. The van der Waals surface area contributed by atoms with E-state index in [1.54, 1.807) is 0 Å². The molecular formula is C15H23N. The first kappa shape index (κ1) is 11.7. The van der Waals surface area contributed by atoms with Crippen LogP contribution in [0.1, 0.15) is 49.3 Å². The molecule has 1 saturated carbocycles. The molecular weight excluding hydrogens is 194 g/mol. The van der Waals surface area contributed by atoms with Crippen LogP contribution in [-0.4, -0.2) is 6.54 Å². The quantitative estimate of drug-likeness (QED) is 0.825. The minimum absolute atomic E-state index is 0.289. The van der Waals surface area contributed by atoms with Gasteiger partial charge in [-0.2, -0.15) is 0 Å². The van der Waals surface area contributed by atoms with E-state index in [1.165, 1.54) is 42.4 Å². The van der Waals surface area contributed by atoms with Crippen LogP contribution in [-0.2, 0) is 11.8 Å². The Hall–Kier alpha value is -0.820. The van der Waals surface area contributed by atoms with E-state index in [9.17, 15) is 0 Å². The Morgan fingerprint density at radius 2 is 1.94 bits per heavy atom. The maximum absolute atomic E-state index is 6.03. The SMILES string of the molecule is CCc1cc(C2(CN)CCCC2)ccc1C. The van der Waals surface area contributed by atoms with Crippen molar-refractivity contribution in [1.82, 2.24) is 0 Å². The Kier molecular flexibility index (Phi) is 3.34. The molecule has 1 aliphatic rings. The maximum atomic E-state index is 6.03. The van der Waals surface area contributed by atoms with E-state index >= 15 is 0 Å². The lowest BCUT2D eigenvalue weighted by atomic mass is 9.78.